The van der Waals surface area contributed by atoms with Gasteiger partial charge < -0.3 is 20.1 Å². The summed E-state index contributed by atoms with van der Waals surface area (Å²) in [4.78, 5) is 16.7. The number of hydrogen-bond acceptors (Lipinski definition) is 5. The molecule has 4 rings (SSSR count). The van der Waals surface area contributed by atoms with Crippen LogP contribution in [0.15, 0.2) is 54.9 Å². The van der Waals surface area contributed by atoms with Crippen LogP contribution in [0.3, 0.4) is 0 Å². The third-order valence-corrected chi connectivity index (χ3v) is 4.50. The van der Waals surface area contributed by atoms with Crippen molar-refractivity contribution in [2.45, 2.75) is 6.92 Å². The SMILES string of the molecule is Cc1ccc(NC(=O)c2cncc(Nc3ccc4c(c3)OCO4)c2)cc1Cl. The van der Waals surface area contributed by atoms with Crippen molar-refractivity contribution in [1.29, 1.82) is 0 Å². The largest absolute Gasteiger partial charge is 0.454 e. The average molecular weight is 382 g/mol. The highest BCUT2D eigenvalue weighted by Crippen LogP contribution is 2.35. The van der Waals surface area contributed by atoms with Gasteiger partial charge in [-0.25, -0.2) is 0 Å². The van der Waals surface area contributed by atoms with Gasteiger partial charge in [0.2, 0.25) is 6.79 Å². The number of hydrogen-bond donors (Lipinski definition) is 2. The molecule has 1 aliphatic heterocycles. The van der Waals surface area contributed by atoms with Crippen LogP contribution in [0.5, 0.6) is 11.5 Å². The zero-order valence-corrected chi connectivity index (χ0v) is 15.2. The second-order valence-electron chi connectivity index (χ2n) is 6.07. The molecule has 6 nitrogen and oxygen atoms in total. The zero-order valence-electron chi connectivity index (χ0n) is 14.5. The molecule has 7 heteroatoms. The first-order valence-electron chi connectivity index (χ1n) is 8.28. The second-order valence-corrected chi connectivity index (χ2v) is 6.48. The Balaban J connectivity index is 1.49. The van der Waals surface area contributed by atoms with Gasteiger partial charge in [-0.15, -0.1) is 0 Å². The molecule has 0 spiro atoms. The van der Waals surface area contributed by atoms with Crippen molar-refractivity contribution in [1.82, 2.24) is 4.98 Å². The molecule has 0 unspecified atom stereocenters. The molecule has 0 fully saturated rings. The molecule has 1 aliphatic rings. The third kappa shape index (κ3) is 3.80. The maximum atomic E-state index is 12.5. The molecular weight excluding hydrogens is 366 g/mol. The van der Waals surface area contributed by atoms with E-state index in [1.807, 2.05) is 31.2 Å². The molecule has 1 amide bonds. The quantitative estimate of drug-likeness (QED) is 0.681. The second kappa shape index (κ2) is 7.17. The number of carbonyl (C=O) groups excluding carboxylic acids is 1. The first-order valence-corrected chi connectivity index (χ1v) is 8.65. The Kier molecular flexibility index (Phi) is 4.56. The fourth-order valence-electron chi connectivity index (χ4n) is 2.65. The lowest BCUT2D eigenvalue weighted by Crippen LogP contribution is -2.12. The Morgan fingerprint density at radius 1 is 1.00 bits per heavy atom. The van der Waals surface area contributed by atoms with E-state index in [0.29, 0.717) is 33.5 Å². The van der Waals surface area contributed by atoms with Gasteiger partial charge in [0.25, 0.3) is 5.91 Å². The van der Waals surface area contributed by atoms with E-state index in [1.165, 1.54) is 6.20 Å². The third-order valence-electron chi connectivity index (χ3n) is 4.09. The average Bonchev–Trinajstić information content (AvgIpc) is 3.13. The van der Waals surface area contributed by atoms with E-state index in [1.54, 1.807) is 24.4 Å². The van der Waals surface area contributed by atoms with Crippen molar-refractivity contribution in [3.05, 3.63) is 71.0 Å². The lowest BCUT2D eigenvalue weighted by Gasteiger charge is -2.10. The molecule has 136 valence electrons. The Bertz CT molecular complexity index is 1020. The van der Waals surface area contributed by atoms with Gasteiger partial charge in [-0.1, -0.05) is 17.7 Å². The first-order chi connectivity index (χ1) is 13.1. The molecule has 1 aromatic heterocycles. The molecule has 0 bridgehead atoms. The van der Waals surface area contributed by atoms with Crippen LogP contribution in [0.1, 0.15) is 15.9 Å². The van der Waals surface area contributed by atoms with Gasteiger partial charge >= 0.3 is 0 Å². The number of carbonyl (C=O) groups is 1. The Labute approximate surface area is 161 Å². The van der Waals surface area contributed by atoms with Crippen LogP contribution in [0, 0.1) is 6.92 Å². The van der Waals surface area contributed by atoms with Crippen molar-refractivity contribution in [3.8, 4) is 11.5 Å². The number of halogens is 1. The highest BCUT2D eigenvalue weighted by molar-refractivity contribution is 6.31. The number of benzene rings is 2. The number of pyridine rings is 1. The van der Waals surface area contributed by atoms with Crippen molar-refractivity contribution < 1.29 is 14.3 Å². The normalized spacial score (nSPS) is 11.9. The summed E-state index contributed by atoms with van der Waals surface area (Å²) in [5.74, 6) is 1.12. The van der Waals surface area contributed by atoms with Gasteiger partial charge in [0.05, 0.1) is 17.4 Å². The van der Waals surface area contributed by atoms with Crippen molar-refractivity contribution >= 4 is 34.6 Å². The van der Waals surface area contributed by atoms with E-state index < -0.39 is 0 Å². The van der Waals surface area contributed by atoms with Crippen molar-refractivity contribution in [2.75, 3.05) is 17.4 Å². The number of nitrogens with zero attached hydrogens (tertiary/aromatic N) is 1. The van der Waals surface area contributed by atoms with Gasteiger partial charge in [0, 0.05) is 28.7 Å². The summed E-state index contributed by atoms with van der Waals surface area (Å²) in [5, 5.41) is 6.63. The van der Waals surface area contributed by atoms with E-state index in [4.69, 9.17) is 21.1 Å². The lowest BCUT2D eigenvalue weighted by molar-refractivity contribution is 0.102. The number of aryl methyl sites for hydroxylation is 1. The summed E-state index contributed by atoms with van der Waals surface area (Å²) in [6.07, 6.45) is 3.15. The number of ether oxygens (including phenoxy) is 2. The summed E-state index contributed by atoms with van der Waals surface area (Å²) in [6, 6.07) is 12.6. The Morgan fingerprint density at radius 2 is 1.81 bits per heavy atom. The number of fused-ring (bicyclic) bond motifs is 1. The monoisotopic (exact) mass is 381 g/mol. The molecule has 0 saturated heterocycles. The summed E-state index contributed by atoms with van der Waals surface area (Å²) >= 11 is 6.11. The molecule has 2 aromatic carbocycles. The van der Waals surface area contributed by atoms with Crippen LogP contribution in [-0.4, -0.2) is 17.7 Å². The van der Waals surface area contributed by atoms with Gasteiger partial charge in [0.1, 0.15) is 0 Å². The van der Waals surface area contributed by atoms with E-state index in [-0.39, 0.29) is 12.7 Å². The van der Waals surface area contributed by atoms with E-state index >= 15 is 0 Å². The summed E-state index contributed by atoms with van der Waals surface area (Å²) in [6.45, 7) is 2.13. The number of anilines is 3. The summed E-state index contributed by atoms with van der Waals surface area (Å²) in [7, 11) is 0. The van der Waals surface area contributed by atoms with Crippen LogP contribution in [0.4, 0.5) is 17.1 Å². The van der Waals surface area contributed by atoms with Gasteiger partial charge in [-0.3, -0.25) is 9.78 Å². The van der Waals surface area contributed by atoms with Crippen LogP contribution in [0.2, 0.25) is 5.02 Å². The minimum atomic E-state index is -0.267. The minimum absolute atomic E-state index is 0.221. The lowest BCUT2D eigenvalue weighted by atomic mass is 10.2. The predicted molar refractivity (Wildman–Crippen MR) is 104 cm³/mol. The molecule has 2 N–H and O–H groups in total. The maximum absolute atomic E-state index is 12.5. The molecular formula is C20H16ClN3O3. The Hall–Kier alpha value is -3.25. The van der Waals surface area contributed by atoms with Gasteiger partial charge in [-0.2, -0.15) is 0 Å². The number of aromatic nitrogens is 1. The molecule has 0 atom stereocenters. The maximum Gasteiger partial charge on any atom is 0.257 e. The molecule has 0 saturated carbocycles. The van der Waals surface area contributed by atoms with Crippen LogP contribution >= 0.6 is 11.6 Å². The van der Waals surface area contributed by atoms with Crippen LogP contribution in [0.25, 0.3) is 0 Å². The standard InChI is InChI=1S/C20H16ClN3O3/c1-12-2-3-14(7-17(12)21)24-20(25)13-6-16(10-22-9-13)23-15-4-5-18-19(8-15)27-11-26-18/h2-10,23H,11H2,1H3,(H,24,25). The highest BCUT2D eigenvalue weighted by atomic mass is 35.5. The van der Waals surface area contributed by atoms with E-state index in [9.17, 15) is 4.79 Å². The van der Waals surface area contributed by atoms with Crippen LogP contribution < -0.4 is 20.1 Å². The molecule has 2 heterocycles. The smallest absolute Gasteiger partial charge is 0.257 e. The van der Waals surface area contributed by atoms with Gasteiger partial charge in [0.15, 0.2) is 11.5 Å². The Morgan fingerprint density at radius 3 is 2.67 bits per heavy atom. The molecule has 0 radical (unpaired) electrons. The zero-order chi connectivity index (χ0) is 18.8. The van der Waals surface area contributed by atoms with Crippen molar-refractivity contribution in [2.24, 2.45) is 0 Å². The van der Waals surface area contributed by atoms with E-state index in [2.05, 4.69) is 15.6 Å². The topological polar surface area (TPSA) is 72.5 Å². The number of rotatable bonds is 4. The fraction of sp³-hybridized carbons (Fsp3) is 0.100. The fourth-order valence-corrected chi connectivity index (χ4v) is 2.83. The molecule has 27 heavy (non-hydrogen) atoms. The first kappa shape index (κ1) is 17.2. The van der Waals surface area contributed by atoms with Crippen molar-refractivity contribution in [3.63, 3.8) is 0 Å². The number of amides is 1. The molecule has 3 aromatic rings. The summed E-state index contributed by atoms with van der Waals surface area (Å²) in [5.41, 5.74) is 3.50. The summed E-state index contributed by atoms with van der Waals surface area (Å²) < 4.78 is 10.7. The predicted octanol–water partition coefficient (Wildman–Crippen LogP) is 4.77. The van der Waals surface area contributed by atoms with E-state index in [0.717, 1.165) is 11.3 Å². The highest BCUT2D eigenvalue weighted by Gasteiger charge is 2.14. The number of nitrogens with one attached hydrogen (secondary N) is 2. The minimum Gasteiger partial charge on any atom is -0.454 e. The van der Waals surface area contributed by atoms with Gasteiger partial charge in [-0.05, 0) is 42.8 Å². The molecule has 0 aliphatic carbocycles. The van der Waals surface area contributed by atoms with Crippen LogP contribution in [-0.2, 0) is 0 Å².